The molecule has 8 N–H and O–H groups in total. The molecule has 0 spiro atoms. The van der Waals surface area contributed by atoms with Crippen LogP contribution in [0, 0.1) is 20.8 Å². The number of carbonyl (C=O) groups is 3. The Balaban J connectivity index is 0.00000322. The van der Waals surface area contributed by atoms with Gasteiger partial charge in [-0.3, -0.25) is 33.9 Å². The lowest BCUT2D eigenvalue weighted by Gasteiger charge is -2.19. The van der Waals surface area contributed by atoms with Gasteiger partial charge < -0.3 is 30.6 Å². The van der Waals surface area contributed by atoms with Gasteiger partial charge in [-0.15, -0.1) is 0 Å². The second kappa shape index (κ2) is 22.0. The van der Waals surface area contributed by atoms with Crippen molar-refractivity contribution in [2.75, 3.05) is 23.8 Å². The molecule has 0 saturated heterocycles. The summed E-state index contributed by atoms with van der Waals surface area (Å²) < 4.78 is 76.3. The van der Waals surface area contributed by atoms with E-state index in [1.54, 1.807) is 74.1 Å². The molecule has 6 aromatic rings. The van der Waals surface area contributed by atoms with Crippen molar-refractivity contribution in [1.82, 2.24) is 34.9 Å². The van der Waals surface area contributed by atoms with Gasteiger partial charge in [0.1, 0.15) is 22.3 Å². The molecule has 0 unspecified atom stereocenters. The summed E-state index contributed by atoms with van der Waals surface area (Å²) in [4.78, 5) is 63.6. The number of aromatic amines is 1. The molecule has 1 atom stereocenters. The van der Waals surface area contributed by atoms with Gasteiger partial charge in [-0.1, -0.05) is 49.4 Å². The number of carboxylic acid groups (broad SMARTS) is 1. The van der Waals surface area contributed by atoms with E-state index in [2.05, 4.69) is 47.6 Å². The number of carboxylic acids is 1. The average molecular weight is 951 g/mol. The molecule has 0 aliphatic rings. The molecule has 3 aromatic carbocycles. The molecule has 3 heterocycles. The molecular formula is C43H49FN10O10S2. The van der Waals surface area contributed by atoms with E-state index in [1.807, 2.05) is 0 Å². The summed E-state index contributed by atoms with van der Waals surface area (Å²) in [5, 5.41) is 22.5. The zero-order valence-corrected chi connectivity index (χ0v) is 36.6. The third kappa shape index (κ3) is 12.7. The van der Waals surface area contributed by atoms with Crippen LogP contribution in [0.15, 0.2) is 111 Å². The molecule has 0 bridgehead atoms. The number of anilines is 2. The van der Waals surface area contributed by atoms with E-state index in [-0.39, 0.29) is 58.2 Å². The maximum atomic E-state index is 13.8. The fraction of sp³-hybridized carbons (Fsp3) is 0.233. The zero-order valence-electron chi connectivity index (χ0n) is 36.0. The molecule has 0 aliphatic heterocycles. The number of pyridine rings is 2. The second-order valence-electron chi connectivity index (χ2n) is 14.6. The van der Waals surface area contributed by atoms with Crippen LogP contribution in [0.3, 0.4) is 0 Å². The Labute approximate surface area is 380 Å². The number of aliphatic carboxylic acids is 1. The van der Waals surface area contributed by atoms with Gasteiger partial charge in [-0.05, 0) is 74.2 Å². The van der Waals surface area contributed by atoms with Crippen LogP contribution < -0.4 is 31.5 Å². The molecule has 6 rings (SSSR count). The van der Waals surface area contributed by atoms with Crippen LogP contribution in [-0.4, -0.2) is 90.6 Å². The first-order chi connectivity index (χ1) is 31.4. The number of H-pyrrole nitrogens is 1. The van der Waals surface area contributed by atoms with E-state index in [4.69, 9.17) is 4.72 Å². The summed E-state index contributed by atoms with van der Waals surface area (Å²) in [5.41, 5.74) is 4.95. The van der Waals surface area contributed by atoms with Gasteiger partial charge in [0, 0.05) is 61.9 Å². The monoisotopic (exact) mass is 950 g/mol. The van der Waals surface area contributed by atoms with Crippen molar-refractivity contribution >= 4 is 66.8 Å². The summed E-state index contributed by atoms with van der Waals surface area (Å²) >= 11 is 0. The number of rotatable bonds is 19. The Kier molecular flexibility index (Phi) is 16.6. The highest BCUT2D eigenvalue weighted by atomic mass is 32.2. The number of sulfonamides is 1. The largest absolute Gasteiger partial charge is 0.480 e. The molecule has 2 amide bonds. The Morgan fingerprint density at radius 1 is 0.970 bits per heavy atom. The number of halogens is 1. The number of nitrogens with zero attached hydrogens (tertiary/aromatic N) is 4. The van der Waals surface area contributed by atoms with Gasteiger partial charge in [0.05, 0.1) is 22.2 Å². The minimum absolute atomic E-state index is 0. The highest BCUT2D eigenvalue weighted by Gasteiger charge is 2.29. The van der Waals surface area contributed by atoms with Crippen LogP contribution >= 0.6 is 0 Å². The lowest BCUT2D eigenvalue weighted by molar-refractivity contribution is -0.138. The number of aromatic nitrogens is 4. The zero-order chi connectivity index (χ0) is 48.2. The van der Waals surface area contributed by atoms with Crippen LogP contribution in [0.1, 0.15) is 62.4 Å². The minimum atomic E-state index is -4.47. The number of benzene rings is 3. The van der Waals surface area contributed by atoms with Gasteiger partial charge in [0.15, 0.2) is 5.95 Å². The maximum absolute atomic E-state index is 13.8. The summed E-state index contributed by atoms with van der Waals surface area (Å²) in [6.07, 6.45) is 7.41. The van der Waals surface area contributed by atoms with E-state index in [9.17, 15) is 45.7 Å². The fourth-order valence-corrected chi connectivity index (χ4v) is 9.20. The SMILES string of the molecule is C.Cc1cc(C)c(S(=O)(=O)N[C@@H](CNC(=O)c2cn(CCCNC(=O)c3ccc(N/N=C/c4ccccc4S(=O)(=O)O)nc3)c3cc(CNc4ncc[nH]4)ccc3c2=O)C(=O)O)c(C)c1.[3H]F. The fourth-order valence-electron chi connectivity index (χ4n) is 6.88. The van der Waals surface area contributed by atoms with Gasteiger partial charge in [-0.2, -0.15) is 18.2 Å². The number of hydrogen-bond acceptors (Lipinski definition) is 13. The molecule has 350 valence electrons. The molecule has 0 fully saturated rings. The van der Waals surface area contributed by atoms with E-state index in [1.165, 1.54) is 48.9 Å². The van der Waals surface area contributed by atoms with Crippen LogP contribution in [0.2, 0.25) is 0 Å². The number of amides is 2. The molecule has 66 heavy (non-hydrogen) atoms. The van der Waals surface area contributed by atoms with Crippen molar-refractivity contribution in [3.8, 4) is 0 Å². The van der Waals surface area contributed by atoms with Crippen molar-refractivity contribution in [1.29, 1.82) is 1.45 Å². The Hall–Kier alpha value is -7.34. The molecule has 20 nitrogen and oxygen atoms in total. The number of hydrogen-bond donors (Lipinski definition) is 8. The molecular weight excluding hydrogens is 900 g/mol. The molecule has 0 radical (unpaired) electrons. The topological polar surface area (TPSA) is 296 Å². The first-order valence-corrected chi connectivity index (χ1v) is 22.4. The summed E-state index contributed by atoms with van der Waals surface area (Å²) in [6.45, 7) is 5.02. The van der Waals surface area contributed by atoms with Crippen LogP contribution in [-0.2, 0) is 38.0 Å². The molecule has 23 heteroatoms. The Bertz CT molecular complexity index is 3020. The normalized spacial score (nSPS) is 12.0. The predicted octanol–water partition coefficient (Wildman–Crippen LogP) is 4.12. The van der Waals surface area contributed by atoms with Gasteiger partial charge >= 0.3 is 5.97 Å². The lowest BCUT2D eigenvalue weighted by atomic mass is 10.1. The number of hydrazone groups is 1. The number of nitrogens with one attached hydrogen (secondary N) is 6. The van der Waals surface area contributed by atoms with E-state index in [0.29, 0.717) is 35.6 Å². The molecule has 0 aliphatic carbocycles. The Morgan fingerprint density at radius 3 is 2.35 bits per heavy atom. The number of imidazole rings is 1. The predicted molar refractivity (Wildman–Crippen MR) is 247 cm³/mol. The third-order valence-corrected chi connectivity index (χ3v) is 12.5. The second-order valence-corrected chi connectivity index (χ2v) is 17.6. The van der Waals surface area contributed by atoms with Gasteiger partial charge in [-0.25, -0.2) is 18.4 Å². The minimum Gasteiger partial charge on any atom is -0.480 e. The first kappa shape index (κ1) is 49.7. The van der Waals surface area contributed by atoms with Crippen molar-refractivity contribution in [2.45, 2.75) is 63.5 Å². The summed E-state index contributed by atoms with van der Waals surface area (Å²) in [7, 11) is -8.81. The van der Waals surface area contributed by atoms with Crippen LogP contribution in [0.25, 0.3) is 10.9 Å². The average Bonchev–Trinajstić information content (AvgIpc) is 3.80. The number of carbonyl (C=O) groups excluding carboxylic acids is 2. The molecule has 0 saturated carbocycles. The summed E-state index contributed by atoms with van der Waals surface area (Å²) in [6, 6.07) is 15.3. The third-order valence-electron chi connectivity index (χ3n) is 9.75. The van der Waals surface area contributed by atoms with Crippen LogP contribution in [0.4, 0.5) is 16.5 Å². The quantitative estimate of drug-likeness (QED) is 0.0245. The van der Waals surface area contributed by atoms with E-state index < -0.39 is 55.9 Å². The lowest BCUT2D eigenvalue weighted by Crippen LogP contribution is -2.49. The maximum Gasteiger partial charge on any atom is 0.323 e. The van der Waals surface area contributed by atoms with Gasteiger partial charge in [0.25, 0.3) is 23.4 Å². The van der Waals surface area contributed by atoms with Crippen molar-refractivity contribution < 1.29 is 45.6 Å². The highest BCUT2D eigenvalue weighted by molar-refractivity contribution is 7.89. The smallest absolute Gasteiger partial charge is 0.323 e. The van der Waals surface area contributed by atoms with Crippen molar-refractivity contribution in [3.05, 3.63) is 141 Å². The van der Waals surface area contributed by atoms with E-state index >= 15 is 0 Å². The first-order valence-electron chi connectivity index (χ1n) is 19.9. The summed E-state index contributed by atoms with van der Waals surface area (Å²) in [5.74, 6) is -2.15. The van der Waals surface area contributed by atoms with Crippen molar-refractivity contribution in [2.24, 2.45) is 5.10 Å². The van der Waals surface area contributed by atoms with Gasteiger partial charge in [0.2, 0.25) is 15.5 Å². The van der Waals surface area contributed by atoms with Crippen LogP contribution in [0.5, 0.6) is 0 Å². The standard InChI is InChI=1S/C42H44N10O10S2.CH4.FH/c1-25-17-26(2)38(27(3)18-25)63(58,59)51-33(41(56)57)23-47-40(55)32-24-52(34-19-28(9-11-31(34)37(32)53)20-48-42-44-14-15-45-42)16-6-13-43-39(54)30-10-12-36(46-21-30)50-49-22-29-7-4-5-8-35(29)64(60,61)62;;/h4-5,7-12,14-15,17-19,21-22,24,33,51H,6,13,16,20,23H2,1-3H3,(H,43,54)(H,46,50)(H,47,55)(H,56,57)(H2,44,45,48)(H,60,61,62);1H4;1H/b49-22+;;/t33-;;/m0../s1/i/hT. The van der Waals surface area contributed by atoms with Crippen molar-refractivity contribution in [3.63, 3.8) is 0 Å². The highest BCUT2D eigenvalue weighted by Crippen LogP contribution is 2.22. The molecule has 3 aromatic heterocycles. The van der Waals surface area contributed by atoms with E-state index in [0.717, 1.165) is 11.1 Å². The number of fused-ring (bicyclic) bond motifs is 1. The number of aryl methyl sites for hydroxylation is 4. The Morgan fingerprint density at radius 2 is 1.70 bits per heavy atom.